The number of sulfonamides is 1. The molecule has 6 nitrogen and oxygen atoms in total. The Kier molecular flexibility index (Phi) is 6.70. The van der Waals surface area contributed by atoms with E-state index in [9.17, 15) is 13.2 Å². The van der Waals surface area contributed by atoms with Gasteiger partial charge in [-0.15, -0.1) is 11.3 Å². The van der Waals surface area contributed by atoms with Crippen molar-refractivity contribution in [1.82, 2.24) is 4.90 Å². The van der Waals surface area contributed by atoms with Crippen LogP contribution in [0.3, 0.4) is 0 Å². The van der Waals surface area contributed by atoms with Crippen molar-refractivity contribution in [3.8, 4) is 0 Å². The van der Waals surface area contributed by atoms with Gasteiger partial charge in [-0.25, -0.2) is 8.42 Å². The fraction of sp³-hybridized carbons (Fsp3) is 0.261. The zero-order valence-corrected chi connectivity index (χ0v) is 18.7. The van der Waals surface area contributed by atoms with Crippen molar-refractivity contribution in [3.63, 3.8) is 0 Å². The van der Waals surface area contributed by atoms with Crippen molar-refractivity contribution >= 4 is 38.6 Å². The molecule has 1 amide bonds. The number of rotatable bonds is 7. The Balaban J connectivity index is 1.43. The van der Waals surface area contributed by atoms with Crippen molar-refractivity contribution in [2.75, 3.05) is 23.1 Å². The van der Waals surface area contributed by atoms with Crippen LogP contribution in [-0.4, -0.2) is 32.3 Å². The van der Waals surface area contributed by atoms with Gasteiger partial charge >= 0.3 is 0 Å². The van der Waals surface area contributed by atoms with Crippen LogP contribution in [0.1, 0.15) is 35.2 Å². The third-order valence-electron chi connectivity index (χ3n) is 5.18. The molecule has 0 bridgehead atoms. The van der Waals surface area contributed by atoms with Gasteiger partial charge in [-0.05, 0) is 73.3 Å². The summed E-state index contributed by atoms with van der Waals surface area (Å²) < 4.78 is 27.6. The topological polar surface area (TPSA) is 78.5 Å². The fourth-order valence-corrected chi connectivity index (χ4v) is 5.71. The van der Waals surface area contributed by atoms with Gasteiger partial charge < -0.3 is 5.32 Å². The lowest BCUT2D eigenvalue weighted by molar-refractivity contribution is 0.102. The Morgan fingerprint density at radius 2 is 1.71 bits per heavy atom. The van der Waals surface area contributed by atoms with E-state index >= 15 is 0 Å². The maximum atomic E-state index is 12.8. The molecule has 31 heavy (non-hydrogen) atoms. The molecular weight excluding hydrogens is 430 g/mol. The van der Waals surface area contributed by atoms with Crippen LogP contribution >= 0.6 is 11.3 Å². The van der Waals surface area contributed by atoms with E-state index in [1.807, 2.05) is 18.2 Å². The molecule has 1 saturated heterocycles. The maximum absolute atomic E-state index is 12.8. The van der Waals surface area contributed by atoms with Crippen LogP contribution in [-0.2, 0) is 16.6 Å². The number of anilines is 2. The van der Waals surface area contributed by atoms with E-state index in [-0.39, 0.29) is 10.1 Å². The summed E-state index contributed by atoms with van der Waals surface area (Å²) in [5, 5.41) is 4.63. The van der Waals surface area contributed by atoms with Gasteiger partial charge in [-0.2, -0.15) is 0 Å². The second kappa shape index (κ2) is 9.64. The van der Waals surface area contributed by atoms with Crippen molar-refractivity contribution in [3.05, 3.63) is 77.2 Å². The molecular formula is C23H25N3O3S2. The van der Waals surface area contributed by atoms with E-state index in [2.05, 4.69) is 21.0 Å². The summed E-state index contributed by atoms with van der Waals surface area (Å²) in [6.45, 7) is 3.11. The standard InChI is InChI=1S/C23H25N3O3S2/c27-23(24-20-9-4-7-18(15-20)17-26-12-2-1-3-13-26)19-8-5-10-21(16-19)25-31(28,29)22-11-6-14-30-22/h4-11,14-16,25H,1-3,12-13,17H2,(H,24,27). The highest BCUT2D eigenvalue weighted by Gasteiger charge is 2.16. The minimum Gasteiger partial charge on any atom is -0.322 e. The highest BCUT2D eigenvalue weighted by Crippen LogP contribution is 2.22. The Bertz CT molecular complexity index is 1140. The molecule has 0 saturated carbocycles. The number of amides is 1. The highest BCUT2D eigenvalue weighted by molar-refractivity contribution is 7.94. The normalized spacial score (nSPS) is 14.8. The third-order valence-corrected chi connectivity index (χ3v) is 7.96. The largest absolute Gasteiger partial charge is 0.322 e. The predicted octanol–water partition coefficient (Wildman–Crippen LogP) is 4.79. The number of nitrogens with zero attached hydrogens (tertiary/aromatic N) is 1. The SMILES string of the molecule is O=C(Nc1cccc(CN2CCCCC2)c1)c1cccc(NS(=O)(=O)c2cccs2)c1. The van der Waals surface area contributed by atoms with Gasteiger partial charge in [0, 0.05) is 23.5 Å². The van der Waals surface area contributed by atoms with E-state index < -0.39 is 10.0 Å². The van der Waals surface area contributed by atoms with Gasteiger partial charge in [-0.3, -0.25) is 14.4 Å². The molecule has 3 aromatic rings. The molecule has 1 aromatic heterocycles. The zero-order valence-electron chi connectivity index (χ0n) is 17.1. The van der Waals surface area contributed by atoms with Crippen LogP contribution in [0, 0.1) is 0 Å². The monoisotopic (exact) mass is 455 g/mol. The van der Waals surface area contributed by atoms with Gasteiger partial charge in [0.15, 0.2) is 0 Å². The Hall–Kier alpha value is -2.68. The summed E-state index contributed by atoms with van der Waals surface area (Å²) in [5.74, 6) is -0.285. The van der Waals surface area contributed by atoms with Crippen molar-refractivity contribution in [2.24, 2.45) is 0 Å². The molecule has 2 aromatic carbocycles. The van der Waals surface area contributed by atoms with E-state index in [0.717, 1.165) is 42.2 Å². The first-order chi connectivity index (χ1) is 15.0. The second-order valence-electron chi connectivity index (χ2n) is 7.61. The number of thiophene rings is 1. The Morgan fingerprint density at radius 1 is 0.935 bits per heavy atom. The summed E-state index contributed by atoms with van der Waals surface area (Å²) in [5.41, 5.74) is 2.62. The first kappa shape index (κ1) is 21.5. The lowest BCUT2D eigenvalue weighted by Crippen LogP contribution is -2.29. The fourth-order valence-electron chi connectivity index (χ4n) is 3.67. The molecule has 1 aliphatic rings. The maximum Gasteiger partial charge on any atom is 0.271 e. The second-order valence-corrected chi connectivity index (χ2v) is 10.5. The van der Waals surface area contributed by atoms with Gasteiger partial charge in [-0.1, -0.05) is 30.7 Å². The Morgan fingerprint density at radius 3 is 2.48 bits per heavy atom. The van der Waals surface area contributed by atoms with Gasteiger partial charge in [0.1, 0.15) is 4.21 Å². The summed E-state index contributed by atoms with van der Waals surface area (Å²) >= 11 is 1.14. The predicted molar refractivity (Wildman–Crippen MR) is 125 cm³/mol. The molecule has 2 N–H and O–H groups in total. The number of hydrogen-bond donors (Lipinski definition) is 2. The van der Waals surface area contributed by atoms with Crippen LogP contribution in [0.4, 0.5) is 11.4 Å². The number of carbonyl (C=O) groups excluding carboxylic acids is 1. The van der Waals surface area contributed by atoms with E-state index in [0.29, 0.717) is 11.3 Å². The number of likely N-dealkylation sites (tertiary alicyclic amines) is 1. The molecule has 8 heteroatoms. The van der Waals surface area contributed by atoms with Crippen LogP contribution in [0.5, 0.6) is 0 Å². The summed E-state index contributed by atoms with van der Waals surface area (Å²) in [4.78, 5) is 15.2. The first-order valence-corrected chi connectivity index (χ1v) is 12.6. The van der Waals surface area contributed by atoms with Crippen molar-refractivity contribution in [2.45, 2.75) is 30.0 Å². The van der Waals surface area contributed by atoms with Crippen LogP contribution in [0.2, 0.25) is 0 Å². The van der Waals surface area contributed by atoms with Gasteiger partial charge in [0.25, 0.3) is 15.9 Å². The average Bonchev–Trinajstić information content (AvgIpc) is 3.31. The number of piperidine rings is 1. The van der Waals surface area contributed by atoms with E-state index in [1.54, 1.807) is 35.7 Å². The highest BCUT2D eigenvalue weighted by atomic mass is 32.2. The van der Waals surface area contributed by atoms with Crippen LogP contribution in [0.15, 0.2) is 70.3 Å². The third kappa shape index (κ3) is 5.72. The molecule has 0 atom stereocenters. The minimum atomic E-state index is -3.66. The quantitative estimate of drug-likeness (QED) is 0.537. The molecule has 0 aliphatic carbocycles. The van der Waals surface area contributed by atoms with Crippen LogP contribution in [0.25, 0.3) is 0 Å². The smallest absolute Gasteiger partial charge is 0.271 e. The summed E-state index contributed by atoms with van der Waals surface area (Å²) in [6, 6.07) is 17.6. The molecule has 0 unspecified atom stereocenters. The lowest BCUT2D eigenvalue weighted by Gasteiger charge is -2.26. The zero-order chi connectivity index (χ0) is 21.7. The average molecular weight is 456 g/mol. The molecule has 4 rings (SSSR count). The van der Waals surface area contributed by atoms with Gasteiger partial charge in [0.2, 0.25) is 0 Å². The molecule has 2 heterocycles. The first-order valence-electron chi connectivity index (χ1n) is 10.3. The molecule has 0 radical (unpaired) electrons. The van der Waals surface area contributed by atoms with E-state index in [1.165, 1.54) is 25.3 Å². The van der Waals surface area contributed by atoms with Crippen LogP contribution < -0.4 is 10.0 Å². The summed E-state index contributed by atoms with van der Waals surface area (Å²) in [7, 11) is -3.66. The number of hydrogen-bond acceptors (Lipinski definition) is 5. The molecule has 1 aliphatic heterocycles. The van der Waals surface area contributed by atoms with Crippen molar-refractivity contribution in [1.29, 1.82) is 0 Å². The number of carbonyl (C=O) groups is 1. The number of nitrogens with one attached hydrogen (secondary N) is 2. The summed E-state index contributed by atoms with van der Waals surface area (Å²) in [6.07, 6.45) is 3.78. The minimum absolute atomic E-state index is 0.230. The molecule has 0 spiro atoms. The lowest BCUT2D eigenvalue weighted by atomic mass is 10.1. The number of benzene rings is 2. The van der Waals surface area contributed by atoms with E-state index in [4.69, 9.17) is 0 Å². The molecule has 1 fully saturated rings. The van der Waals surface area contributed by atoms with Gasteiger partial charge in [0.05, 0.1) is 0 Å². The van der Waals surface area contributed by atoms with Crippen molar-refractivity contribution < 1.29 is 13.2 Å². The molecule has 162 valence electrons. The Labute approximate surface area is 187 Å².